The van der Waals surface area contributed by atoms with Gasteiger partial charge in [0.2, 0.25) is 17.7 Å². The Morgan fingerprint density at radius 2 is 1.73 bits per heavy atom. The summed E-state index contributed by atoms with van der Waals surface area (Å²) in [7, 11) is 0. The molecule has 41 heavy (non-hydrogen) atoms. The largest absolute Gasteiger partial charge is 0.416 e. The average molecular weight is 620 g/mol. The summed E-state index contributed by atoms with van der Waals surface area (Å²) < 4.78 is 54.0. The normalized spacial score (nSPS) is 20.2. The van der Waals surface area contributed by atoms with Crippen molar-refractivity contribution in [3.8, 4) is 0 Å². The Bertz CT molecular complexity index is 1730. The van der Waals surface area contributed by atoms with Crippen molar-refractivity contribution in [2.24, 2.45) is 5.92 Å². The summed E-state index contributed by atoms with van der Waals surface area (Å²) in [6.45, 7) is -0.508. The van der Waals surface area contributed by atoms with Crippen molar-refractivity contribution in [1.29, 1.82) is 0 Å². The number of nitrogens with one attached hydrogen (secondary N) is 1. The smallest absolute Gasteiger partial charge is 0.325 e. The second kappa shape index (κ2) is 10.3. The molecule has 1 fully saturated rings. The Balaban J connectivity index is 1.35. The van der Waals surface area contributed by atoms with Crippen LogP contribution < -0.4 is 15.1 Å². The van der Waals surface area contributed by atoms with Gasteiger partial charge in [-0.1, -0.05) is 35.2 Å². The molecule has 0 spiro atoms. The minimum atomic E-state index is -4.60. The standard InChI is InChI=1S/C27H17F4N3O4S3/c28-14-6-8-16(9-7-14)34-23(36)20-19(17-5-2-10-39-17)22-25(40-21(20)24(34)37)33(26(38)41-22)12-18(35)32-15-4-1-3-13(11-15)27(29,30)31/h1-11,19-21H,12H2,(H,32,35). The summed E-state index contributed by atoms with van der Waals surface area (Å²) in [5, 5.41) is 3.64. The van der Waals surface area contributed by atoms with Gasteiger partial charge < -0.3 is 5.32 Å². The van der Waals surface area contributed by atoms with Gasteiger partial charge in [0.15, 0.2) is 0 Å². The van der Waals surface area contributed by atoms with Crippen molar-refractivity contribution in [3.05, 3.63) is 96.8 Å². The quantitative estimate of drug-likeness (QED) is 0.233. The molecular weight excluding hydrogens is 603 g/mol. The molecule has 14 heteroatoms. The summed E-state index contributed by atoms with van der Waals surface area (Å²) in [4.78, 5) is 55.1. The van der Waals surface area contributed by atoms with Crippen LogP contribution in [0.4, 0.5) is 28.9 Å². The van der Waals surface area contributed by atoms with Crippen LogP contribution >= 0.6 is 34.4 Å². The van der Waals surface area contributed by atoms with E-state index in [0.29, 0.717) is 9.90 Å². The van der Waals surface area contributed by atoms with Gasteiger partial charge in [-0.3, -0.25) is 23.7 Å². The molecule has 2 aliphatic rings. The highest BCUT2D eigenvalue weighted by molar-refractivity contribution is 8.00. The third kappa shape index (κ3) is 4.89. The van der Waals surface area contributed by atoms with Crippen LogP contribution in [-0.2, 0) is 27.1 Å². The summed E-state index contributed by atoms with van der Waals surface area (Å²) in [5.41, 5.74) is -0.795. The van der Waals surface area contributed by atoms with E-state index in [9.17, 15) is 36.7 Å². The molecule has 1 N–H and O–H groups in total. The zero-order valence-electron chi connectivity index (χ0n) is 20.6. The lowest BCUT2D eigenvalue weighted by Gasteiger charge is -2.29. The van der Waals surface area contributed by atoms with Gasteiger partial charge in [0, 0.05) is 21.4 Å². The van der Waals surface area contributed by atoms with Crippen LogP contribution in [0.2, 0.25) is 0 Å². The third-order valence-corrected chi connectivity index (χ3v) is 10.3. The zero-order chi connectivity index (χ0) is 29.1. The van der Waals surface area contributed by atoms with Gasteiger partial charge in [-0.2, -0.15) is 13.2 Å². The highest BCUT2D eigenvalue weighted by Crippen LogP contribution is 2.54. The fourth-order valence-electron chi connectivity index (χ4n) is 4.99. The van der Waals surface area contributed by atoms with E-state index in [1.165, 1.54) is 34.1 Å². The number of amides is 3. The molecule has 3 atom stereocenters. The van der Waals surface area contributed by atoms with Gasteiger partial charge in [0.05, 0.1) is 22.2 Å². The zero-order valence-corrected chi connectivity index (χ0v) is 23.0. The van der Waals surface area contributed by atoms with Crippen molar-refractivity contribution in [2.75, 3.05) is 10.2 Å². The van der Waals surface area contributed by atoms with Crippen molar-refractivity contribution in [3.63, 3.8) is 0 Å². The van der Waals surface area contributed by atoms with Crippen LogP contribution in [0, 0.1) is 11.7 Å². The number of alkyl halides is 3. The number of hydrogen-bond donors (Lipinski definition) is 1. The highest BCUT2D eigenvalue weighted by Gasteiger charge is 2.57. The number of carbonyl (C=O) groups excluding carboxylic acids is 3. The maximum absolute atomic E-state index is 13.7. The molecule has 1 saturated heterocycles. The van der Waals surface area contributed by atoms with Gasteiger partial charge in [0.1, 0.15) is 17.6 Å². The maximum atomic E-state index is 13.7. The molecule has 3 amide bonds. The number of anilines is 2. The molecule has 0 aliphatic carbocycles. The topological polar surface area (TPSA) is 88.5 Å². The van der Waals surface area contributed by atoms with Crippen molar-refractivity contribution in [2.45, 2.75) is 28.9 Å². The first kappa shape index (κ1) is 27.4. The molecular formula is C27H17F4N3O4S3. The number of nitrogens with zero attached hydrogens (tertiary/aromatic N) is 2. The van der Waals surface area contributed by atoms with Crippen LogP contribution in [0.3, 0.4) is 0 Å². The molecule has 2 aliphatic heterocycles. The van der Waals surface area contributed by atoms with Crippen LogP contribution in [-0.4, -0.2) is 27.5 Å². The van der Waals surface area contributed by atoms with E-state index in [2.05, 4.69) is 5.32 Å². The van der Waals surface area contributed by atoms with Crippen molar-refractivity contribution >= 4 is 63.5 Å². The number of hydrogen-bond acceptors (Lipinski definition) is 7. The van der Waals surface area contributed by atoms with Gasteiger partial charge in [-0.25, -0.2) is 9.29 Å². The SMILES string of the molecule is O=C(Cn1c2c(sc1=O)C(c1cccs1)C1C(=O)N(c3ccc(F)cc3)C(=O)C1S2)Nc1cccc(C(F)(F)F)c1. The number of thioether (sulfide) groups is 1. The summed E-state index contributed by atoms with van der Waals surface area (Å²) in [6, 6.07) is 12.7. The second-order valence-electron chi connectivity index (χ2n) is 9.30. The molecule has 4 heterocycles. The lowest BCUT2D eigenvalue weighted by molar-refractivity contribution is -0.137. The van der Waals surface area contributed by atoms with Crippen LogP contribution in [0.25, 0.3) is 0 Å². The monoisotopic (exact) mass is 619 g/mol. The number of carbonyl (C=O) groups is 3. The molecule has 0 radical (unpaired) electrons. The Morgan fingerprint density at radius 3 is 2.41 bits per heavy atom. The summed E-state index contributed by atoms with van der Waals surface area (Å²) in [5.74, 6) is -3.73. The molecule has 4 aromatic rings. The number of imide groups is 1. The predicted octanol–water partition coefficient (Wildman–Crippen LogP) is 5.56. The van der Waals surface area contributed by atoms with E-state index >= 15 is 0 Å². The molecule has 2 aromatic heterocycles. The van der Waals surface area contributed by atoms with E-state index in [0.717, 1.165) is 63.2 Å². The maximum Gasteiger partial charge on any atom is 0.416 e. The molecule has 7 nitrogen and oxygen atoms in total. The summed E-state index contributed by atoms with van der Waals surface area (Å²) >= 11 is 3.23. The first-order valence-electron chi connectivity index (χ1n) is 12.1. The van der Waals surface area contributed by atoms with Gasteiger partial charge in [-0.05, 0) is 53.9 Å². The van der Waals surface area contributed by atoms with Crippen LogP contribution in [0.5, 0.6) is 0 Å². The Hall–Kier alpha value is -3.75. The fraction of sp³-hybridized carbons (Fsp3) is 0.185. The van der Waals surface area contributed by atoms with Gasteiger partial charge in [-0.15, -0.1) is 11.3 Å². The first-order valence-corrected chi connectivity index (χ1v) is 14.6. The van der Waals surface area contributed by atoms with E-state index in [4.69, 9.17) is 0 Å². The lowest BCUT2D eigenvalue weighted by atomic mass is 9.87. The summed E-state index contributed by atoms with van der Waals surface area (Å²) in [6.07, 6.45) is -4.60. The predicted molar refractivity (Wildman–Crippen MR) is 147 cm³/mol. The molecule has 0 saturated carbocycles. The number of thiazole rings is 1. The number of thiophene rings is 1. The fourth-order valence-corrected chi connectivity index (χ4v) is 8.71. The van der Waals surface area contributed by atoms with E-state index in [-0.39, 0.29) is 11.4 Å². The van der Waals surface area contributed by atoms with Crippen molar-refractivity contribution in [1.82, 2.24) is 4.57 Å². The van der Waals surface area contributed by atoms with E-state index in [1.807, 2.05) is 5.38 Å². The average Bonchev–Trinajstić information content (AvgIpc) is 3.62. The van der Waals surface area contributed by atoms with E-state index in [1.54, 1.807) is 12.1 Å². The Morgan fingerprint density at radius 1 is 0.976 bits per heavy atom. The van der Waals surface area contributed by atoms with Crippen molar-refractivity contribution < 1.29 is 31.9 Å². The molecule has 6 rings (SSSR count). The molecule has 2 aromatic carbocycles. The third-order valence-electron chi connectivity index (χ3n) is 6.76. The Labute approximate surface area is 241 Å². The highest BCUT2D eigenvalue weighted by atomic mass is 32.2. The minimum absolute atomic E-state index is 0.0855. The van der Waals surface area contributed by atoms with Crippen LogP contribution in [0.15, 0.2) is 75.9 Å². The number of halogens is 4. The Kier molecular flexibility index (Phi) is 6.86. The molecule has 3 unspecified atom stereocenters. The number of rotatable bonds is 5. The number of fused-ring (bicyclic) bond motifs is 2. The number of aromatic nitrogens is 1. The van der Waals surface area contributed by atoms with Gasteiger partial charge in [0.25, 0.3) is 0 Å². The minimum Gasteiger partial charge on any atom is -0.325 e. The van der Waals surface area contributed by atoms with Crippen LogP contribution in [0.1, 0.15) is 21.2 Å². The molecule has 0 bridgehead atoms. The first-order chi connectivity index (χ1) is 19.5. The lowest BCUT2D eigenvalue weighted by Crippen LogP contribution is -2.32. The van der Waals surface area contributed by atoms with E-state index < -0.39 is 63.8 Å². The van der Waals surface area contributed by atoms with Gasteiger partial charge >= 0.3 is 11.0 Å². The molecule has 210 valence electrons. The number of benzene rings is 2. The second-order valence-corrected chi connectivity index (χ2v) is 12.4.